The molecule has 0 heterocycles. The summed E-state index contributed by atoms with van der Waals surface area (Å²) in [5.74, 6) is 0.917. The normalized spacial score (nSPS) is 15.2. The Morgan fingerprint density at radius 1 is 1.03 bits per heavy atom. The van der Waals surface area contributed by atoms with Crippen LogP contribution >= 0.6 is 0 Å². The Balaban J connectivity index is 1.61. The van der Waals surface area contributed by atoms with E-state index in [0.717, 1.165) is 40.8 Å². The van der Waals surface area contributed by atoms with Gasteiger partial charge in [0, 0.05) is 5.56 Å². The highest BCUT2D eigenvalue weighted by atomic mass is 19.1. The van der Waals surface area contributed by atoms with Gasteiger partial charge in [0.25, 0.3) is 0 Å². The first kappa shape index (κ1) is 26.7. The third-order valence-corrected chi connectivity index (χ3v) is 7.62. The molecule has 1 saturated carbocycles. The van der Waals surface area contributed by atoms with Crippen molar-refractivity contribution >= 4 is 5.97 Å². The van der Waals surface area contributed by atoms with E-state index in [1.54, 1.807) is 19.2 Å². The first-order valence-corrected chi connectivity index (χ1v) is 13.0. The van der Waals surface area contributed by atoms with E-state index in [-0.39, 0.29) is 29.5 Å². The standard InChI is InChI=1S/C32H37FO4/c1-20(32(2,3)4)27-15-21(9-13-26(27)29-17-24(36-5)12-14-30(29)33)19-37-25-8-6-7-23(16-25)28(18-31(34)35)22-10-11-22/h6-9,12-17,20,22,28H,10-11,18-19H2,1-5H3,(H,34,35)/t20-,28-/m1/s1. The molecule has 0 aromatic heterocycles. The largest absolute Gasteiger partial charge is 0.497 e. The van der Waals surface area contributed by atoms with Crippen LogP contribution in [0.25, 0.3) is 11.1 Å². The van der Waals surface area contributed by atoms with Crippen LogP contribution in [0.2, 0.25) is 0 Å². The van der Waals surface area contributed by atoms with Crippen molar-refractivity contribution in [3.05, 3.63) is 83.2 Å². The minimum absolute atomic E-state index is 0.0253. The molecule has 0 radical (unpaired) electrons. The number of aliphatic carboxylic acids is 1. The van der Waals surface area contributed by atoms with Gasteiger partial charge in [-0.1, -0.05) is 58.0 Å². The summed E-state index contributed by atoms with van der Waals surface area (Å²) >= 11 is 0. The summed E-state index contributed by atoms with van der Waals surface area (Å²) in [6, 6.07) is 18.7. The molecule has 1 N–H and O–H groups in total. The van der Waals surface area contributed by atoms with Gasteiger partial charge in [-0.05, 0) is 88.6 Å². The average molecular weight is 505 g/mol. The zero-order valence-corrected chi connectivity index (χ0v) is 22.4. The number of carbonyl (C=O) groups is 1. The zero-order chi connectivity index (χ0) is 26.7. The van der Waals surface area contributed by atoms with Gasteiger partial charge >= 0.3 is 5.97 Å². The van der Waals surface area contributed by atoms with Crippen molar-refractivity contribution < 1.29 is 23.8 Å². The quantitative estimate of drug-likeness (QED) is 0.302. The van der Waals surface area contributed by atoms with Crippen LogP contribution in [0, 0.1) is 17.2 Å². The zero-order valence-electron chi connectivity index (χ0n) is 22.4. The van der Waals surface area contributed by atoms with E-state index >= 15 is 0 Å². The predicted molar refractivity (Wildman–Crippen MR) is 145 cm³/mol. The molecule has 3 aromatic carbocycles. The topological polar surface area (TPSA) is 55.8 Å². The Kier molecular flexibility index (Phi) is 7.91. The first-order chi connectivity index (χ1) is 17.6. The van der Waals surface area contributed by atoms with Crippen LogP contribution in [-0.2, 0) is 11.4 Å². The van der Waals surface area contributed by atoms with Gasteiger partial charge in [-0.25, -0.2) is 4.39 Å². The second kappa shape index (κ2) is 11.0. The monoisotopic (exact) mass is 504 g/mol. The van der Waals surface area contributed by atoms with Crippen molar-refractivity contribution in [2.75, 3.05) is 7.11 Å². The molecule has 0 bridgehead atoms. The number of carboxylic acids is 1. The molecule has 4 nitrogen and oxygen atoms in total. The van der Waals surface area contributed by atoms with Crippen molar-refractivity contribution in [3.63, 3.8) is 0 Å². The second-order valence-corrected chi connectivity index (χ2v) is 11.3. The summed E-state index contributed by atoms with van der Waals surface area (Å²) < 4.78 is 26.5. The Hall–Kier alpha value is -3.34. The number of rotatable bonds is 10. The van der Waals surface area contributed by atoms with Crippen molar-refractivity contribution in [2.24, 2.45) is 11.3 Å². The highest BCUT2D eigenvalue weighted by Gasteiger charge is 2.34. The maximum absolute atomic E-state index is 14.9. The third-order valence-electron chi connectivity index (χ3n) is 7.62. The van der Waals surface area contributed by atoms with E-state index in [1.807, 2.05) is 36.4 Å². The number of halogens is 1. The second-order valence-electron chi connectivity index (χ2n) is 11.3. The molecule has 1 aliphatic rings. The molecule has 3 aromatic rings. The van der Waals surface area contributed by atoms with Crippen LogP contribution in [0.15, 0.2) is 60.7 Å². The van der Waals surface area contributed by atoms with E-state index < -0.39 is 5.97 Å². The summed E-state index contributed by atoms with van der Waals surface area (Å²) in [6.07, 6.45) is 2.31. The lowest BCUT2D eigenvalue weighted by Gasteiger charge is -2.30. The van der Waals surface area contributed by atoms with Crippen LogP contribution in [0.1, 0.15) is 75.5 Å². The average Bonchev–Trinajstić information content (AvgIpc) is 3.71. The lowest BCUT2D eigenvalue weighted by atomic mass is 9.75. The van der Waals surface area contributed by atoms with Gasteiger partial charge in [-0.2, -0.15) is 0 Å². The first-order valence-electron chi connectivity index (χ1n) is 13.0. The highest BCUT2D eigenvalue weighted by molar-refractivity contribution is 5.71. The fraction of sp³-hybridized carbons (Fsp3) is 0.406. The maximum Gasteiger partial charge on any atom is 0.303 e. The fourth-order valence-corrected chi connectivity index (χ4v) is 4.85. The van der Waals surface area contributed by atoms with Crippen molar-refractivity contribution in [3.8, 4) is 22.6 Å². The number of hydrogen-bond donors (Lipinski definition) is 1. The molecule has 196 valence electrons. The summed E-state index contributed by atoms with van der Waals surface area (Å²) in [5, 5.41) is 9.36. The summed E-state index contributed by atoms with van der Waals surface area (Å²) in [7, 11) is 1.58. The molecule has 37 heavy (non-hydrogen) atoms. The van der Waals surface area contributed by atoms with Crippen LogP contribution in [0.4, 0.5) is 4.39 Å². The Morgan fingerprint density at radius 2 is 1.78 bits per heavy atom. The number of methoxy groups -OCH3 is 1. The lowest BCUT2D eigenvalue weighted by molar-refractivity contribution is -0.137. The molecule has 4 rings (SSSR count). The molecule has 1 aliphatic carbocycles. The Bertz CT molecular complexity index is 1260. The number of carboxylic acid groups (broad SMARTS) is 1. The smallest absolute Gasteiger partial charge is 0.303 e. The van der Waals surface area contributed by atoms with E-state index in [4.69, 9.17) is 9.47 Å². The van der Waals surface area contributed by atoms with Crippen LogP contribution in [0.5, 0.6) is 11.5 Å². The molecule has 0 spiro atoms. The Labute approximate surface area is 219 Å². The minimum atomic E-state index is -0.767. The number of ether oxygens (including phenoxy) is 2. The molecule has 0 unspecified atom stereocenters. The maximum atomic E-state index is 14.9. The fourth-order valence-electron chi connectivity index (χ4n) is 4.85. The molecular weight excluding hydrogens is 467 g/mol. The van der Waals surface area contributed by atoms with Crippen molar-refractivity contribution in [1.29, 1.82) is 0 Å². The molecule has 5 heteroatoms. The van der Waals surface area contributed by atoms with Crippen LogP contribution in [0.3, 0.4) is 0 Å². The summed E-state index contributed by atoms with van der Waals surface area (Å²) in [6.45, 7) is 9.09. The van der Waals surface area contributed by atoms with Crippen molar-refractivity contribution in [2.45, 2.75) is 65.4 Å². The van der Waals surface area contributed by atoms with Crippen LogP contribution < -0.4 is 9.47 Å². The van der Waals surface area contributed by atoms with Crippen LogP contribution in [-0.4, -0.2) is 18.2 Å². The lowest BCUT2D eigenvalue weighted by Crippen LogP contribution is -2.16. The van der Waals surface area contributed by atoms with Gasteiger partial charge in [0.15, 0.2) is 0 Å². The van der Waals surface area contributed by atoms with Gasteiger partial charge in [-0.3, -0.25) is 4.79 Å². The van der Waals surface area contributed by atoms with Gasteiger partial charge in [-0.15, -0.1) is 0 Å². The van der Waals surface area contributed by atoms with E-state index in [1.165, 1.54) is 6.07 Å². The minimum Gasteiger partial charge on any atom is -0.497 e. The van der Waals surface area contributed by atoms with Crippen molar-refractivity contribution in [1.82, 2.24) is 0 Å². The molecule has 0 saturated heterocycles. The van der Waals surface area contributed by atoms with Gasteiger partial charge in [0.1, 0.15) is 23.9 Å². The van der Waals surface area contributed by atoms with E-state index in [9.17, 15) is 14.3 Å². The summed E-state index contributed by atoms with van der Waals surface area (Å²) in [5.41, 5.74) is 4.42. The Morgan fingerprint density at radius 3 is 2.43 bits per heavy atom. The summed E-state index contributed by atoms with van der Waals surface area (Å²) in [4.78, 5) is 11.4. The molecule has 1 fully saturated rings. The molecule has 2 atom stereocenters. The molecule has 0 amide bonds. The third kappa shape index (κ3) is 6.51. The number of hydrogen-bond acceptors (Lipinski definition) is 3. The number of benzene rings is 3. The molecule has 0 aliphatic heterocycles. The van der Waals surface area contributed by atoms with E-state index in [2.05, 4.69) is 33.8 Å². The highest BCUT2D eigenvalue weighted by Crippen LogP contribution is 2.45. The van der Waals surface area contributed by atoms with Gasteiger partial charge < -0.3 is 14.6 Å². The van der Waals surface area contributed by atoms with Gasteiger partial charge in [0.2, 0.25) is 0 Å². The molecular formula is C32H37FO4. The van der Waals surface area contributed by atoms with Gasteiger partial charge in [0.05, 0.1) is 13.5 Å². The SMILES string of the molecule is COc1ccc(F)c(-c2ccc(COc3cccc([C@H](CC(=O)O)C4CC4)c3)cc2[C@@H](C)C(C)(C)C)c1. The van der Waals surface area contributed by atoms with E-state index in [0.29, 0.717) is 23.8 Å². The predicted octanol–water partition coefficient (Wildman–Crippen LogP) is 8.20.